The number of nitrogens with zero attached hydrogens (tertiary/aromatic N) is 2. The van der Waals surface area contributed by atoms with Crippen molar-refractivity contribution in [3.05, 3.63) is 94.9 Å². The van der Waals surface area contributed by atoms with Crippen LogP contribution in [0.3, 0.4) is 0 Å². The molecule has 2 aromatic carbocycles. The number of hydrogen-bond donors (Lipinski definition) is 1. The molecule has 2 aliphatic rings. The second-order valence-corrected chi connectivity index (χ2v) is 14.9. The van der Waals surface area contributed by atoms with Crippen LogP contribution < -0.4 is 4.74 Å². The van der Waals surface area contributed by atoms with Gasteiger partial charge < -0.3 is 14.3 Å². The number of carbonyl (C=O) groups excluding carboxylic acids is 1. The Hall–Kier alpha value is -3.54. The van der Waals surface area contributed by atoms with E-state index in [2.05, 4.69) is 75.2 Å². The van der Waals surface area contributed by atoms with E-state index in [1.807, 2.05) is 47.6 Å². The molecule has 0 amide bonds. The molecule has 1 radical (unpaired) electrons. The van der Waals surface area contributed by atoms with E-state index >= 15 is 0 Å². The molecule has 4 aromatic rings. The van der Waals surface area contributed by atoms with Crippen LogP contribution in [0.4, 0.5) is 0 Å². The third-order valence-corrected chi connectivity index (χ3v) is 11.0. The first-order valence-electron chi connectivity index (χ1n) is 17.4. The van der Waals surface area contributed by atoms with Crippen LogP contribution >= 0.6 is 0 Å². The molecule has 7 heteroatoms. The smallest absolute Gasteiger partial charge is 0.213 e. The normalized spacial score (nSPS) is 16.9. The van der Waals surface area contributed by atoms with E-state index in [1.54, 1.807) is 12.6 Å². The number of ether oxygens (including phenoxy) is 1. The molecular formula is C42H51IrN2O4-. The Morgan fingerprint density at radius 3 is 2.24 bits per heavy atom. The molecule has 49 heavy (non-hydrogen) atoms. The summed E-state index contributed by atoms with van der Waals surface area (Å²) in [4.78, 5) is 21.4. The number of furan rings is 1. The van der Waals surface area contributed by atoms with Crippen molar-refractivity contribution < 1.29 is 39.2 Å². The standard InChI is InChI=1S/C27H23N2O2.C15H28O2.Ir/c1-15-13-30-21-10-9-19-23-24(28-14-29-26(23)31-25(19)22(15)21)17-11-16-7-5-6-8-18(16)20(12-17)27(2,3)4;1-7-14(5,8-2)12(16)11-13(17)15(6,9-3)10-4;/h5-10,12-14,19,25H,1-4H3;11,16H,7-10H2,1-6H3;/q-1;;/b;12-11-;. The van der Waals surface area contributed by atoms with E-state index in [1.165, 1.54) is 17.0 Å². The topological polar surface area (TPSA) is 85.5 Å². The molecule has 3 heterocycles. The third-order valence-electron chi connectivity index (χ3n) is 11.0. The van der Waals surface area contributed by atoms with E-state index in [0.29, 0.717) is 5.88 Å². The number of benzene rings is 2. The Kier molecular flexibility index (Phi) is 11.5. The van der Waals surface area contributed by atoms with E-state index in [0.717, 1.165) is 64.8 Å². The Morgan fingerprint density at radius 1 is 0.959 bits per heavy atom. The molecule has 1 N–H and O–H groups in total. The maximum absolute atomic E-state index is 12.2. The summed E-state index contributed by atoms with van der Waals surface area (Å²) in [6, 6.07) is 14.3. The molecule has 2 aromatic heterocycles. The molecule has 0 saturated heterocycles. The maximum atomic E-state index is 12.2. The van der Waals surface area contributed by atoms with E-state index in [9.17, 15) is 9.90 Å². The summed E-state index contributed by atoms with van der Waals surface area (Å²) in [6.45, 7) is 20.9. The monoisotopic (exact) mass is 840 g/mol. The zero-order valence-electron chi connectivity index (χ0n) is 30.7. The Bertz CT molecular complexity index is 1870. The van der Waals surface area contributed by atoms with Gasteiger partial charge >= 0.3 is 0 Å². The molecule has 1 aliphatic heterocycles. The average molecular weight is 840 g/mol. The number of allylic oxidation sites excluding steroid dienone is 2. The Balaban J connectivity index is 0.000000260. The van der Waals surface area contributed by atoms with Gasteiger partial charge in [0.1, 0.15) is 24.0 Å². The van der Waals surface area contributed by atoms with Gasteiger partial charge in [-0.15, -0.1) is 29.1 Å². The first kappa shape index (κ1) is 38.3. The van der Waals surface area contributed by atoms with Gasteiger partial charge in [-0.3, -0.25) is 9.78 Å². The number of rotatable bonds is 8. The van der Waals surface area contributed by atoms with Crippen LogP contribution in [0.25, 0.3) is 28.1 Å². The van der Waals surface area contributed by atoms with Crippen molar-refractivity contribution in [2.24, 2.45) is 10.8 Å². The first-order chi connectivity index (χ1) is 22.7. The largest absolute Gasteiger partial charge is 0.512 e. The number of aliphatic hydroxyl groups is 1. The number of carbonyl (C=O) groups is 1. The van der Waals surface area contributed by atoms with Gasteiger partial charge in [0.05, 0.1) is 6.26 Å². The van der Waals surface area contributed by atoms with Gasteiger partial charge in [-0.1, -0.05) is 97.5 Å². The second-order valence-electron chi connectivity index (χ2n) is 14.9. The van der Waals surface area contributed by atoms with Crippen LogP contribution in [0.2, 0.25) is 0 Å². The van der Waals surface area contributed by atoms with Crippen molar-refractivity contribution >= 4 is 22.6 Å². The predicted octanol–water partition coefficient (Wildman–Crippen LogP) is 11.2. The minimum absolute atomic E-state index is 0. The third kappa shape index (κ3) is 7.21. The minimum atomic E-state index is -0.337. The van der Waals surface area contributed by atoms with Crippen LogP contribution in [0.15, 0.2) is 65.3 Å². The molecule has 263 valence electrons. The predicted molar refractivity (Wildman–Crippen MR) is 194 cm³/mol. The first-order valence-corrected chi connectivity index (χ1v) is 17.4. The number of fused-ring (bicyclic) bond motifs is 6. The quantitative estimate of drug-likeness (QED) is 0.108. The summed E-state index contributed by atoms with van der Waals surface area (Å²) in [6.07, 6.45) is 12.2. The van der Waals surface area contributed by atoms with Gasteiger partial charge in [0.25, 0.3) is 0 Å². The number of aromatic nitrogens is 2. The SMILES string of the molecule is CCC(C)(CC)C(=O)/C=C(\O)C(C)(CC)CC.Cc1coc2c1C1Oc3ncnc(-c4[c-]c5ccccc5c(C(C)(C)C)c4)c3C1C=C2.[Ir]. The molecule has 0 saturated carbocycles. The molecule has 6 rings (SSSR count). The number of aryl methyl sites for hydroxylation is 1. The molecule has 1 aliphatic carbocycles. The molecular weight excluding hydrogens is 789 g/mol. The van der Waals surface area contributed by atoms with Crippen molar-refractivity contribution in [3.63, 3.8) is 0 Å². The number of hydrogen-bond acceptors (Lipinski definition) is 6. The average Bonchev–Trinajstić information content (AvgIpc) is 3.66. The van der Waals surface area contributed by atoms with Crippen LogP contribution in [0.1, 0.15) is 128 Å². The van der Waals surface area contributed by atoms with Crippen LogP contribution in [0, 0.1) is 23.8 Å². The molecule has 0 fully saturated rings. The van der Waals surface area contributed by atoms with E-state index < -0.39 is 0 Å². The summed E-state index contributed by atoms with van der Waals surface area (Å²) in [5.74, 6) is 1.85. The zero-order valence-corrected chi connectivity index (χ0v) is 33.1. The van der Waals surface area contributed by atoms with Crippen LogP contribution in [0.5, 0.6) is 5.88 Å². The van der Waals surface area contributed by atoms with Gasteiger partial charge in [-0.05, 0) is 49.7 Å². The van der Waals surface area contributed by atoms with Gasteiger partial charge in [0.2, 0.25) is 5.88 Å². The van der Waals surface area contributed by atoms with Crippen molar-refractivity contribution in [1.82, 2.24) is 9.97 Å². The van der Waals surface area contributed by atoms with Gasteiger partial charge in [-0.2, -0.15) is 0 Å². The van der Waals surface area contributed by atoms with Gasteiger partial charge in [-0.25, -0.2) is 4.98 Å². The van der Waals surface area contributed by atoms with Gasteiger partial charge in [0.15, 0.2) is 5.78 Å². The molecule has 0 bridgehead atoms. The van der Waals surface area contributed by atoms with Crippen LogP contribution in [-0.4, -0.2) is 20.9 Å². The fourth-order valence-corrected chi connectivity index (χ4v) is 6.59. The summed E-state index contributed by atoms with van der Waals surface area (Å²) in [5.41, 5.74) is 5.78. The summed E-state index contributed by atoms with van der Waals surface area (Å²) in [5, 5.41) is 12.5. The summed E-state index contributed by atoms with van der Waals surface area (Å²) >= 11 is 0. The minimum Gasteiger partial charge on any atom is -0.512 e. The van der Waals surface area contributed by atoms with Crippen molar-refractivity contribution in [3.8, 4) is 17.1 Å². The van der Waals surface area contributed by atoms with Crippen molar-refractivity contribution in [1.29, 1.82) is 0 Å². The van der Waals surface area contributed by atoms with E-state index in [-0.39, 0.29) is 59.9 Å². The van der Waals surface area contributed by atoms with Crippen molar-refractivity contribution in [2.45, 2.75) is 112 Å². The zero-order chi connectivity index (χ0) is 35.0. The molecule has 2 atom stereocenters. The molecule has 0 spiro atoms. The van der Waals surface area contributed by atoms with Gasteiger partial charge in [0, 0.05) is 59.8 Å². The second kappa shape index (κ2) is 14.7. The summed E-state index contributed by atoms with van der Waals surface area (Å²) in [7, 11) is 0. The number of aliphatic hydroxyl groups excluding tert-OH is 1. The van der Waals surface area contributed by atoms with Crippen molar-refractivity contribution in [2.75, 3.05) is 0 Å². The van der Waals surface area contributed by atoms with E-state index in [4.69, 9.17) is 14.1 Å². The maximum Gasteiger partial charge on any atom is 0.213 e. The Labute approximate surface area is 305 Å². The molecule has 6 nitrogen and oxygen atoms in total. The Morgan fingerprint density at radius 2 is 1.61 bits per heavy atom. The molecule has 2 unspecified atom stereocenters. The van der Waals surface area contributed by atoms with Crippen LogP contribution in [-0.2, 0) is 30.3 Å². The summed E-state index contributed by atoms with van der Waals surface area (Å²) < 4.78 is 12.0. The fraction of sp³-hybridized carbons (Fsp3) is 0.452. The number of ketones is 1. The fourth-order valence-electron chi connectivity index (χ4n) is 6.59.